The van der Waals surface area contributed by atoms with E-state index in [1.54, 1.807) is 14.2 Å². The normalized spacial score (nSPS) is 13.9. The van der Waals surface area contributed by atoms with Gasteiger partial charge >= 0.3 is 9.28 Å². The van der Waals surface area contributed by atoms with Crippen LogP contribution in [0, 0.1) is 0 Å². The third-order valence-corrected chi connectivity index (χ3v) is 4.13. The van der Waals surface area contributed by atoms with Crippen LogP contribution in [-0.2, 0) is 8.85 Å². The molecule has 1 atom stereocenters. The van der Waals surface area contributed by atoms with Crippen LogP contribution in [0.4, 0.5) is 0 Å². The summed E-state index contributed by atoms with van der Waals surface area (Å²) >= 11 is 0. The van der Waals surface area contributed by atoms with Crippen molar-refractivity contribution in [1.29, 1.82) is 0 Å². The zero-order valence-electron chi connectivity index (χ0n) is 8.09. The van der Waals surface area contributed by atoms with Crippen molar-refractivity contribution < 1.29 is 8.85 Å². The van der Waals surface area contributed by atoms with Crippen molar-refractivity contribution in [2.45, 2.75) is 38.7 Å². The van der Waals surface area contributed by atoms with Crippen LogP contribution in [0.3, 0.4) is 0 Å². The number of unbranched alkanes of at least 4 members (excludes halogenated alkanes) is 1. The van der Waals surface area contributed by atoms with Crippen LogP contribution in [0.5, 0.6) is 0 Å². The predicted molar refractivity (Wildman–Crippen MR) is 50.1 cm³/mol. The first-order valence-electron chi connectivity index (χ1n) is 4.31. The highest BCUT2D eigenvalue weighted by Crippen LogP contribution is 2.17. The highest BCUT2D eigenvalue weighted by Gasteiger charge is 2.18. The molecule has 0 saturated heterocycles. The SMILES string of the molecule is CCCCC(C)[SiH](OC)OC. The van der Waals surface area contributed by atoms with Gasteiger partial charge in [-0.25, -0.2) is 0 Å². The van der Waals surface area contributed by atoms with Gasteiger partial charge in [-0.05, 0) is 12.0 Å². The summed E-state index contributed by atoms with van der Waals surface area (Å²) in [6, 6.07) is 0. The molecule has 0 rings (SSSR count). The summed E-state index contributed by atoms with van der Waals surface area (Å²) in [5.74, 6) is 0. The Labute approximate surface area is 71.7 Å². The Bertz CT molecular complexity index is 84.2. The maximum absolute atomic E-state index is 5.27. The highest BCUT2D eigenvalue weighted by molar-refractivity contribution is 6.46. The molecule has 0 aromatic carbocycles. The molecular weight excluding hydrogens is 156 g/mol. The number of rotatable bonds is 6. The zero-order valence-corrected chi connectivity index (χ0v) is 9.25. The highest BCUT2D eigenvalue weighted by atomic mass is 28.3. The van der Waals surface area contributed by atoms with Gasteiger partial charge in [-0.3, -0.25) is 0 Å². The van der Waals surface area contributed by atoms with Gasteiger partial charge in [0.1, 0.15) is 0 Å². The standard InChI is InChI=1S/C8H20O2Si/c1-5-6-7-8(2)11(9-3)10-4/h8,11H,5-7H2,1-4H3. The van der Waals surface area contributed by atoms with Crippen LogP contribution in [0.1, 0.15) is 33.1 Å². The van der Waals surface area contributed by atoms with Crippen molar-refractivity contribution in [3.63, 3.8) is 0 Å². The molecular formula is C8H20O2Si. The molecule has 0 spiro atoms. The second-order valence-corrected chi connectivity index (χ2v) is 5.78. The molecule has 0 fully saturated rings. The van der Waals surface area contributed by atoms with E-state index in [1.165, 1.54) is 19.3 Å². The van der Waals surface area contributed by atoms with Crippen molar-refractivity contribution >= 4 is 9.28 Å². The molecule has 11 heavy (non-hydrogen) atoms. The second kappa shape index (κ2) is 6.82. The predicted octanol–water partition coefficient (Wildman–Crippen LogP) is 2.08. The zero-order chi connectivity index (χ0) is 8.69. The Morgan fingerprint density at radius 3 is 2.18 bits per heavy atom. The fourth-order valence-corrected chi connectivity index (χ4v) is 2.85. The topological polar surface area (TPSA) is 18.5 Å². The lowest BCUT2D eigenvalue weighted by Gasteiger charge is -2.17. The first kappa shape index (κ1) is 11.1. The molecule has 1 unspecified atom stereocenters. The minimum atomic E-state index is -1.32. The van der Waals surface area contributed by atoms with E-state index < -0.39 is 9.28 Å². The summed E-state index contributed by atoms with van der Waals surface area (Å²) in [6.45, 7) is 4.43. The molecule has 0 aromatic heterocycles. The second-order valence-electron chi connectivity index (χ2n) is 2.96. The molecule has 0 aliphatic rings. The van der Waals surface area contributed by atoms with Crippen LogP contribution in [0.15, 0.2) is 0 Å². The minimum Gasteiger partial charge on any atom is -0.400 e. The van der Waals surface area contributed by atoms with Crippen molar-refractivity contribution in [3.05, 3.63) is 0 Å². The van der Waals surface area contributed by atoms with Gasteiger partial charge in [0, 0.05) is 14.2 Å². The minimum absolute atomic E-state index is 0.643. The first-order valence-corrected chi connectivity index (χ1v) is 5.92. The molecule has 2 nitrogen and oxygen atoms in total. The van der Waals surface area contributed by atoms with Gasteiger partial charge in [-0.2, -0.15) is 0 Å². The molecule has 0 amide bonds. The molecule has 68 valence electrons. The molecule has 0 saturated carbocycles. The van der Waals surface area contributed by atoms with E-state index in [2.05, 4.69) is 13.8 Å². The lowest BCUT2D eigenvalue weighted by atomic mass is 10.2. The third-order valence-electron chi connectivity index (χ3n) is 1.94. The maximum Gasteiger partial charge on any atom is 0.323 e. The molecule has 0 bridgehead atoms. The molecule has 0 aliphatic heterocycles. The smallest absolute Gasteiger partial charge is 0.323 e. The van der Waals surface area contributed by atoms with Crippen molar-refractivity contribution in [1.82, 2.24) is 0 Å². The summed E-state index contributed by atoms with van der Waals surface area (Å²) in [5, 5.41) is 0. The van der Waals surface area contributed by atoms with E-state index in [4.69, 9.17) is 8.85 Å². The average molecular weight is 176 g/mol. The van der Waals surface area contributed by atoms with Crippen molar-refractivity contribution in [2.75, 3.05) is 14.2 Å². The van der Waals surface area contributed by atoms with Crippen LogP contribution >= 0.6 is 0 Å². The maximum atomic E-state index is 5.27. The van der Waals surface area contributed by atoms with Crippen LogP contribution in [-0.4, -0.2) is 23.5 Å². The Morgan fingerprint density at radius 1 is 1.27 bits per heavy atom. The van der Waals surface area contributed by atoms with E-state index in [-0.39, 0.29) is 0 Å². The first-order chi connectivity index (χ1) is 5.26. The molecule has 0 aromatic rings. The van der Waals surface area contributed by atoms with Crippen LogP contribution in [0.25, 0.3) is 0 Å². The molecule has 0 radical (unpaired) electrons. The Morgan fingerprint density at radius 2 is 1.82 bits per heavy atom. The van der Waals surface area contributed by atoms with Gasteiger partial charge in [-0.15, -0.1) is 0 Å². The summed E-state index contributed by atoms with van der Waals surface area (Å²) < 4.78 is 10.5. The largest absolute Gasteiger partial charge is 0.400 e. The summed E-state index contributed by atoms with van der Waals surface area (Å²) in [5.41, 5.74) is 0.643. The summed E-state index contributed by atoms with van der Waals surface area (Å²) in [6.07, 6.45) is 3.80. The fourth-order valence-electron chi connectivity index (χ4n) is 1.22. The van der Waals surface area contributed by atoms with E-state index in [1.807, 2.05) is 0 Å². The third kappa shape index (κ3) is 4.56. The summed E-state index contributed by atoms with van der Waals surface area (Å²) in [4.78, 5) is 0. The van der Waals surface area contributed by atoms with Gasteiger partial charge in [0.05, 0.1) is 0 Å². The molecule has 0 N–H and O–H groups in total. The molecule has 0 heterocycles. The van der Waals surface area contributed by atoms with Crippen LogP contribution < -0.4 is 0 Å². The lowest BCUT2D eigenvalue weighted by molar-refractivity contribution is 0.264. The average Bonchev–Trinajstić information content (AvgIpc) is 2.03. The van der Waals surface area contributed by atoms with E-state index in [9.17, 15) is 0 Å². The van der Waals surface area contributed by atoms with E-state index in [0.29, 0.717) is 5.54 Å². The van der Waals surface area contributed by atoms with Crippen molar-refractivity contribution in [3.8, 4) is 0 Å². The summed E-state index contributed by atoms with van der Waals surface area (Å²) in [7, 11) is 2.19. The van der Waals surface area contributed by atoms with Gasteiger partial charge < -0.3 is 8.85 Å². The van der Waals surface area contributed by atoms with E-state index >= 15 is 0 Å². The fraction of sp³-hybridized carbons (Fsp3) is 1.00. The number of hydrogen-bond donors (Lipinski definition) is 0. The monoisotopic (exact) mass is 176 g/mol. The van der Waals surface area contributed by atoms with Crippen molar-refractivity contribution in [2.24, 2.45) is 0 Å². The van der Waals surface area contributed by atoms with Gasteiger partial charge in [0.15, 0.2) is 0 Å². The Hall–Kier alpha value is 0.137. The van der Waals surface area contributed by atoms with E-state index in [0.717, 1.165) is 0 Å². The Kier molecular flexibility index (Phi) is 6.91. The van der Waals surface area contributed by atoms with Gasteiger partial charge in [-0.1, -0.05) is 26.7 Å². The van der Waals surface area contributed by atoms with Crippen LogP contribution in [0.2, 0.25) is 5.54 Å². The molecule has 0 aliphatic carbocycles. The number of hydrogen-bond acceptors (Lipinski definition) is 2. The molecule has 3 heteroatoms. The Balaban J connectivity index is 3.51. The van der Waals surface area contributed by atoms with Gasteiger partial charge in [0.25, 0.3) is 0 Å². The lowest BCUT2D eigenvalue weighted by Crippen LogP contribution is -2.24. The quantitative estimate of drug-likeness (QED) is 0.577. The van der Waals surface area contributed by atoms with Gasteiger partial charge in [0.2, 0.25) is 0 Å².